The largest absolute Gasteiger partial charge is 0.467 e. The number of furan rings is 1. The van der Waals surface area contributed by atoms with Gasteiger partial charge < -0.3 is 10.2 Å². The van der Waals surface area contributed by atoms with E-state index in [1.54, 1.807) is 12.5 Å². The van der Waals surface area contributed by atoms with Crippen molar-refractivity contribution in [2.24, 2.45) is 5.73 Å². The maximum atomic E-state index is 6.08. The van der Waals surface area contributed by atoms with Crippen molar-refractivity contribution >= 4 is 0 Å². The second kappa shape index (κ2) is 3.87. The zero-order chi connectivity index (χ0) is 10.8. The smallest absolute Gasteiger partial charge is 0.127 e. The van der Waals surface area contributed by atoms with Gasteiger partial charge in [-0.1, -0.05) is 6.07 Å². The predicted octanol–water partition coefficient (Wildman–Crippen LogP) is 2.34. The van der Waals surface area contributed by atoms with Gasteiger partial charge in [0.15, 0.2) is 0 Å². The van der Waals surface area contributed by atoms with Crippen LogP contribution in [0.25, 0.3) is 0 Å². The second-order valence-corrected chi connectivity index (χ2v) is 3.68. The third-order valence-electron chi connectivity index (χ3n) is 2.48. The summed E-state index contributed by atoms with van der Waals surface area (Å²) in [4.78, 5) is 4.22. The van der Waals surface area contributed by atoms with Crippen LogP contribution in [-0.2, 0) is 0 Å². The van der Waals surface area contributed by atoms with Gasteiger partial charge in [-0.15, -0.1) is 0 Å². The summed E-state index contributed by atoms with van der Waals surface area (Å²) >= 11 is 0. The molecule has 2 rings (SSSR count). The van der Waals surface area contributed by atoms with Gasteiger partial charge in [-0.3, -0.25) is 4.98 Å². The van der Waals surface area contributed by atoms with E-state index in [2.05, 4.69) is 4.98 Å². The second-order valence-electron chi connectivity index (χ2n) is 3.68. The van der Waals surface area contributed by atoms with Gasteiger partial charge in [-0.25, -0.2) is 0 Å². The molecule has 3 heteroatoms. The highest BCUT2D eigenvalue weighted by Gasteiger charge is 2.14. The fourth-order valence-corrected chi connectivity index (χ4v) is 1.52. The first-order valence-corrected chi connectivity index (χ1v) is 4.90. The Labute approximate surface area is 88.9 Å². The Balaban J connectivity index is 2.32. The van der Waals surface area contributed by atoms with Crippen LogP contribution in [0.1, 0.15) is 28.6 Å². The molecule has 0 amide bonds. The van der Waals surface area contributed by atoms with E-state index in [9.17, 15) is 0 Å². The van der Waals surface area contributed by atoms with E-state index in [1.807, 2.05) is 32.0 Å². The van der Waals surface area contributed by atoms with Crippen molar-refractivity contribution in [3.63, 3.8) is 0 Å². The van der Waals surface area contributed by atoms with Gasteiger partial charge in [0.2, 0.25) is 0 Å². The zero-order valence-electron chi connectivity index (χ0n) is 8.90. The van der Waals surface area contributed by atoms with Crippen molar-refractivity contribution in [1.29, 1.82) is 0 Å². The molecule has 3 nitrogen and oxygen atoms in total. The number of nitrogens with zero attached hydrogens (tertiary/aromatic N) is 1. The molecule has 0 aliphatic carbocycles. The summed E-state index contributed by atoms with van der Waals surface area (Å²) in [6, 6.07) is 5.62. The first-order valence-electron chi connectivity index (χ1n) is 4.90. The molecular weight excluding hydrogens is 188 g/mol. The number of aryl methyl sites for hydroxylation is 2. The van der Waals surface area contributed by atoms with E-state index < -0.39 is 0 Å². The molecule has 0 aromatic carbocycles. The first kappa shape index (κ1) is 9.93. The Hall–Kier alpha value is -1.61. The maximum Gasteiger partial charge on any atom is 0.127 e. The number of pyridine rings is 1. The lowest BCUT2D eigenvalue weighted by Crippen LogP contribution is -2.12. The average Bonchev–Trinajstić information content (AvgIpc) is 2.65. The molecule has 0 radical (unpaired) electrons. The minimum atomic E-state index is -0.229. The Morgan fingerprint density at radius 3 is 2.60 bits per heavy atom. The topological polar surface area (TPSA) is 52.0 Å². The third kappa shape index (κ3) is 1.92. The lowest BCUT2D eigenvalue weighted by molar-refractivity contribution is 0.486. The van der Waals surface area contributed by atoms with Gasteiger partial charge in [0, 0.05) is 11.9 Å². The molecule has 2 N–H and O–H groups in total. The van der Waals surface area contributed by atoms with Gasteiger partial charge in [-0.2, -0.15) is 0 Å². The molecule has 0 aliphatic rings. The van der Waals surface area contributed by atoms with E-state index in [-0.39, 0.29) is 6.04 Å². The molecule has 0 aliphatic heterocycles. The molecule has 15 heavy (non-hydrogen) atoms. The van der Waals surface area contributed by atoms with Crippen molar-refractivity contribution in [1.82, 2.24) is 4.98 Å². The third-order valence-corrected chi connectivity index (χ3v) is 2.48. The van der Waals surface area contributed by atoms with Gasteiger partial charge >= 0.3 is 0 Å². The van der Waals surface area contributed by atoms with Crippen LogP contribution in [0.5, 0.6) is 0 Å². The molecular formula is C12H14N2O. The molecule has 0 spiro atoms. The Morgan fingerprint density at radius 2 is 2.07 bits per heavy atom. The average molecular weight is 202 g/mol. The molecule has 1 unspecified atom stereocenters. The fourth-order valence-electron chi connectivity index (χ4n) is 1.52. The summed E-state index contributed by atoms with van der Waals surface area (Å²) in [5, 5.41) is 0. The summed E-state index contributed by atoms with van der Waals surface area (Å²) in [5.74, 6) is 0.806. The highest BCUT2D eigenvalue weighted by Crippen LogP contribution is 2.22. The summed E-state index contributed by atoms with van der Waals surface area (Å²) in [6.07, 6.45) is 3.45. The molecule has 1 atom stereocenters. The van der Waals surface area contributed by atoms with Gasteiger partial charge in [0.1, 0.15) is 5.76 Å². The number of hydrogen-bond acceptors (Lipinski definition) is 3. The van der Waals surface area contributed by atoms with E-state index in [0.29, 0.717) is 0 Å². The van der Waals surface area contributed by atoms with Crippen molar-refractivity contribution in [2.75, 3.05) is 0 Å². The minimum Gasteiger partial charge on any atom is -0.467 e. The van der Waals surface area contributed by atoms with E-state index in [1.165, 1.54) is 0 Å². The molecule has 2 heterocycles. The molecule has 0 fully saturated rings. The van der Waals surface area contributed by atoms with Gasteiger partial charge in [-0.05, 0) is 37.1 Å². The van der Waals surface area contributed by atoms with Crippen LogP contribution in [0.4, 0.5) is 0 Å². The summed E-state index contributed by atoms with van der Waals surface area (Å²) < 4.78 is 5.36. The van der Waals surface area contributed by atoms with E-state index >= 15 is 0 Å². The normalized spacial score (nSPS) is 12.7. The molecule has 78 valence electrons. The fraction of sp³-hybridized carbons (Fsp3) is 0.250. The molecule has 0 saturated carbocycles. The number of nitrogens with two attached hydrogens (primary N) is 1. The summed E-state index contributed by atoms with van der Waals surface area (Å²) in [5.41, 5.74) is 9.11. The highest BCUT2D eigenvalue weighted by molar-refractivity contribution is 5.28. The Bertz CT molecular complexity index is 445. The SMILES string of the molecule is Cc1ccc(C(N)c2occc2C)cn1. The van der Waals surface area contributed by atoms with E-state index in [0.717, 1.165) is 22.6 Å². The van der Waals surface area contributed by atoms with Crippen LogP contribution in [0, 0.1) is 13.8 Å². The van der Waals surface area contributed by atoms with Crippen LogP contribution in [0.15, 0.2) is 35.1 Å². The quantitative estimate of drug-likeness (QED) is 0.813. The number of hydrogen-bond donors (Lipinski definition) is 1. The summed E-state index contributed by atoms with van der Waals surface area (Å²) in [7, 11) is 0. The van der Waals surface area contributed by atoms with Crippen LogP contribution >= 0.6 is 0 Å². The van der Waals surface area contributed by atoms with Crippen molar-refractivity contribution < 1.29 is 4.42 Å². The monoisotopic (exact) mass is 202 g/mol. The molecule has 0 saturated heterocycles. The molecule has 2 aromatic heterocycles. The Kier molecular flexibility index (Phi) is 2.56. The zero-order valence-corrected chi connectivity index (χ0v) is 8.90. The van der Waals surface area contributed by atoms with Crippen molar-refractivity contribution in [2.45, 2.75) is 19.9 Å². The molecule has 0 bridgehead atoms. The standard InChI is InChI=1S/C12H14N2O/c1-8-5-6-15-12(8)11(13)10-4-3-9(2)14-7-10/h3-7,11H,13H2,1-2H3. The van der Waals surface area contributed by atoms with Gasteiger partial charge in [0.05, 0.1) is 12.3 Å². The van der Waals surface area contributed by atoms with Crippen molar-refractivity contribution in [3.05, 3.63) is 53.2 Å². The van der Waals surface area contributed by atoms with Crippen LogP contribution in [0.2, 0.25) is 0 Å². The maximum absolute atomic E-state index is 6.08. The van der Waals surface area contributed by atoms with Crippen LogP contribution in [0.3, 0.4) is 0 Å². The summed E-state index contributed by atoms with van der Waals surface area (Å²) in [6.45, 7) is 3.94. The number of aromatic nitrogens is 1. The number of rotatable bonds is 2. The lowest BCUT2D eigenvalue weighted by atomic mass is 10.0. The van der Waals surface area contributed by atoms with Gasteiger partial charge in [0.25, 0.3) is 0 Å². The van der Waals surface area contributed by atoms with Crippen LogP contribution < -0.4 is 5.73 Å². The van der Waals surface area contributed by atoms with Crippen LogP contribution in [-0.4, -0.2) is 4.98 Å². The Morgan fingerprint density at radius 1 is 1.27 bits per heavy atom. The highest BCUT2D eigenvalue weighted by atomic mass is 16.3. The minimum absolute atomic E-state index is 0.229. The van der Waals surface area contributed by atoms with E-state index in [4.69, 9.17) is 10.2 Å². The predicted molar refractivity (Wildman–Crippen MR) is 58.4 cm³/mol. The van der Waals surface area contributed by atoms with Crippen molar-refractivity contribution in [3.8, 4) is 0 Å². The first-order chi connectivity index (χ1) is 7.18. The molecule has 2 aromatic rings. The lowest BCUT2D eigenvalue weighted by Gasteiger charge is -2.09.